The van der Waals surface area contributed by atoms with Gasteiger partial charge >= 0.3 is 0 Å². The number of para-hydroxylation sites is 1. The van der Waals surface area contributed by atoms with Gasteiger partial charge in [0, 0.05) is 0 Å². The molecule has 0 N–H and O–H groups in total. The van der Waals surface area contributed by atoms with Gasteiger partial charge < -0.3 is 4.74 Å². The van der Waals surface area contributed by atoms with Gasteiger partial charge in [0.15, 0.2) is 17.4 Å². The number of ether oxygens (including phenoxy) is 1. The van der Waals surface area contributed by atoms with Gasteiger partial charge in [-0.15, -0.1) is 0 Å². The van der Waals surface area contributed by atoms with Crippen LogP contribution in [0.5, 0.6) is 11.5 Å². The van der Waals surface area contributed by atoms with Crippen LogP contribution in [0, 0.1) is 40.1 Å². The van der Waals surface area contributed by atoms with Gasteiger partial charge in [-0.05, 0) is 12.1 Å². The lowest BCUT2D eigenvalue weighted by Crippen LogP contribution is -2.03. The molecular formula is C14H5F3N2O. The predicted octanol–water partition coefficient (Wildman–Crippen LogP) is 3.64. The molecule has 0 aliphatic heterocycles. The van der Waals surface area contributed by atoms with Crippen molar-refractivity contribution in [3.8, 4) is 23.6 Å². The maximum Gasteiger partial charge on any atom is 0.204 e. The molecule has 3 nitrogen and oxygen atoms in total. The lowest BCUT2D eigenvalue weighted by molar-refractivity contribution is 0.405. The molecule has 0 saturated heterocycles. The summed E-state index contributed by atoms with van der Waals surface area (Å²) < 4.78 is 46.1. The second kappa shape index (κ2) is 5.33. The SMILES string of the molecule is N#Cc1c(F)c(F)c(Oc2ccccc2)c(C#N)c1F. The van der Waals surface area contributed by atoms with Crippen LogP contribution in [0.2, 0.25) is 0 Å². The molecule has 0 saturated carbocycles. The van der Waals surface area contributed by atoms with E-state index in [9.17, 15) is 13.2 Å². The van der Waals surface area contributed by atoms with Crippen molar-refractivity contribution < 1.29 is 17.9 Å². The van der Waals surface area contributed by atoms with E-state index in [1.165, 1.54) is 24.3 Å². The largest absolute Gasteiger partial charge is 0.453 e. The van der Waals surface area contributed by atoms with Crippen LogP contribution in [0.15, 0.2) is 30.3 Å². The van der Waals surface area contributed by atoms with Crippen LogP contribution in [0.4, 0.5) is 13.2 Å². The zero-order chi connectivity index (χ0) is 14.7. The van der Waals surface area contributed by atoms with E-state index in [1.807, 2.05) is 0 Å². The third-order valence-electron chi connectivity index (χ3n) is 2.46. The van der Waals surface area contributed by atoms with Crippen molar-refractivity contribution in [1.82, 2.24) is 0 Å². The van der Waals surface area contributed by atoms with Gasteiger partial charge in [0.1, 0.15) is 29.0 Å². The Morgan fingerprint density at radius 1 is 0.800 bits per heavy atom. The Labute approximate surface area is 112 Å². The van der Waals surface area contributed by atoms with Crippen LogP contribution in [0.3, 0.4) is 0 Å². The molecule has 98 valence electrons. The summed E-state index contributed by atoms with van der Waals surface area (Å²) in [6.45, 7) is 0. The first kappa shape index (κ1) is 13.4. The van der Waals surface area contributed by atoms with E-state index in [0.717, 1.165) is 0 Å². The quantitative estimate of drug-likeness (QED) is 0.785. The van der Waals surface area contributed by atoms with Gasteiger partial charge in [-0.2, -0.15) is 14.9 Å². The second-order valence-corrected chi connectivity index (χ2v) is 3.66. The molecule has 0 bridgehead atoms. The number of halogens is 3. The van der Waals surface area contributed by atoms with Gasteiger partial charge in [0.05, 0.1) is 0 Å². The third-order valence-corrected chi connectivity index (χ3v) is 2.46. The molecule has 0 heterocycles. The van der Waals surface area contributed by atoms with E-state index >= 15 is 0 Å². The average molecular weight is 274 g/mol. The van der Waals surface area contributed by atoms with E-state index in [1.54, 1.807) is 18.2 Å². The highest BCUT2D eigenvalue weighted by molar-refractivity contribution is 5.53. The molecule has 20 heavy (non-hydrogen) atoms. The van der Waals surface area contributed by atoms with Gasteiger partial charge in [-0.3, -0.25) is 0 Å². The van der Waals surface area contributed by atoms with E-state index in [0.29, 0.717) is 0 Å². The maximum absolute atomic E-state index is 13.8. The fourth-order valence-electron chi connectivity index (χ4n) is 1.54. The summed E-state index contributed by atoms with van der Waals surface area (Å²) in [5.41, 5.74) is -2.01. The Bertz CT molecular complexity index is 746. The van der Waals surface area contributed by atoms with Gasteiger partial charge in [-0.1, -0.05) is 18.2 Å². The van der Waals surface area contributed by atoms with E-state index in [-0.39, 0.29) is 5.75 Å². The van der Waals surface area contributed by atoms with Crippen molar-refractivity contribution in [3.63, 3.8) is 0 Å². The molecular weight excluding hydrogens is 269 g/mol. The second-order valence-electron chi connectivity index (χ2n) is 3.66. The van der Waals surface area contributed by atoms with Crippen molar-refractivity contribution in [1.29, 1.82) is 10.5 Å². The van der Waals surface area contributed by atoms with Crippen LogP contribution in [0.1, 0.15) is 11.1 Å². The number of nitriles is 2. The monoisotopic (exact) mass is 274 g/mol. The highest BCUT2D eigenvalue weighted by Gasteiger charge is 2.26. The molecule has 0 amide bonds. The minimum atomic E-state index is -1.69. The van der Waals surface area contributed by atoms with E-state index in [2.05, 4.69) is 0 Å². The minimum Gasteiger partial charge on any atom is -0.453 e. The van der Waals surface area contributed by atoms with Crippen LogP contribution in [-0.4, -0.2) is 0 Å². The van der Waals surface area contributed by atoms with Crippen molar-refractivity contribution in [3.05, 3.63) is 58.9 Å². The van der Waals surface area contributed by atoms with Crippen LogP contribution < -0.4 is 4.74 Å². The van der Waals surface area contributed by atoms with Crippen molar-refractivity contribution in [2.24, 2.45) is 0 Å². The Balaban J connectivity index is 2.65. The maximum atomic E-state index is 13.8. The number of hydrogen-bond donors (Lipinski definition) is 0. The Kier molecular flexibility index (Phi) is 3.58. The third kappa shape index (κ3) is 2.15. The molecule has 0 atom stereocenters. The first-order valence-corrected chi connectivity index (χ1v) is 5.33. The minimum absolute atomic E-state index is 0.103. The highest BCUT2D eigenvalue weighted by Crippen LogP contribution is 2.33. The van der Waals surface area contributed by atoms with Crippen LogP contribution >= 0.6 is 0 Å². The fourth-order valence-corrected chi connectivity index (χ4v) is 1.54. The molecule has 0 aromatic heterocycles. The topological polar surface area (TPSA) is 56.8 Å². The van der Waals surface area contributed by atoms with Crippen molar-refractivity contribution >= 4 is 0 Å². The molecule has 0 aliphatic carbocycles. The lowest BCUT2D eigenvalue weighted by atomic mass is 10.1. The Hall–Kier alpha value is -2.99. The molecule has 2 aromatic rings. The molecule has 6 heteroatoms. The summed E-state index contributed by atoms with van der Waals surface area (Å²) >= 11 is 0. The zero-order valence-corrected chi connectivity index (χ0v) is 9.82. The highest BCUT2D eigenvalue weighted by atomic mass is 19.2. The van der Waals surface area contributed by atoms with Gasteiger partial charge in [-0.25, -0.2) is 8.78 Å². The summed E-state index contributed by atoms with van der Waals surface area (Å²) in [7, 11) is 0. The summed E-state index contributed by atoms with van der Waals surface area (Å²) in [6, 6.07) is 10.2. The lowest BCUT2D eigenvalue weighted by Gasteiger charge is -2.10. The first-order valence-electron chi connectivity index (χ1n) is 5.33. The van der Waals surface area contributed by atoms with Crippen LogP contribution in [0.25, 0.3) is 0 Å². The average Bonchev–Trinajstić information content (AvgIpc) is 2.46. The number of rotatable bonds is 2. The molecule has 0 spiro atoms. The summed E-state index contributed by atoms with van der Waals surface area (Å²) in [5, 5.41) is 17.4. The zero-order valence-electron chi connectivity index (χ0n) is 9.82. The number of hydrogen-bond acceptors (Lipinski definition) is 3. The molecule has 0 unspecified atom stereocenters. The predicted molar refractivity (Wildman–Crippen MR) is 62.3 cm³/mol. The summed E-state index contributed by atoms with van der Waals surface area (Å²) in [6.07, 6.45) is 0. The van der Waals surface area contributed by atoms with Gasteiger partial charge in [0.2, 0.25) is 5.82 Å². The van der Waals surface area contributed by atoms with Gasteiger partial charge in [0.25, 0.3) is 0 Å². The molecule has 0 fully saturated rings. The van der Waals surface area contributed by atoms with E-state index < -0.39 is 34.3 Å². The number of nitrogens with zero attached hydrogens (tertiary/aromatic N) is 2. The van der Waals surface area contributed by atoms with Crippen LogP contribution in [-0.2, 0) is 0 Å². The number of benzene rings is 2. The Morgan fingerprint density at radius 3 is 1.95 bits per heavy atom. The summed E-state index contributed by atoms with van der Waals surface area (Å²) in [4.78, 5) is 0. The molecule has 0 radical (unpaired) electrons. The smallest absolute Gasteiger partial charge is 0.204 e. The summed E-state index contributed by atoms with van der Waals surface area (Å²) in [5.74, 6) is -5.49. The molecule has 2 aromatic carbocycles. The molecule has 2 rings (SSSR count). The Morgan fingerprint density at radius 2 is 1.40 bits per heavy atom. The molecule has 0 aliphatic rings. The van der Waals surface area contributed by atoms with Crippen molar-refractivity contribution in [2.45, 2.75) is 0 Å². The normalized spacial score (nSPS) is 9.65. The standard InChI is InChI=1S/C14H5F3N2O/c15-11-9(6-18)12(16)13(17)14(10(11)7-19)20-8-4-2-1-3-5-8/h1-5H. The fraction of sp³-hybridized carbons (Fsp3) is 0. The van der Waals surface area contributed by atoms with E-state index in [4.69, 9.17) is 15.3 Å². The first-order chi connectivity index (χ1) is 9.60. The van der Waals surface area contributed by atoms with Crippen molar-refractivity contribution in [2.75, 3.05) is 0 Å².